The fourth-order valence-electron chi connectivity index (χ4n) is 0.570. The average molecular weight is 181 g/mol. The Balaban J connectivity index is 3.43. The second-order valence-corrected chi connectivity index (χ2v) is 3.84. The Bertz CT molecular complexity index is 188. The molecule has 0 saturated carbocycles. The highest BCUT2D eigenvalue weighted by Crippen LogP contribution is 2.06. The van der Waals surface area contributed by atoms with Crippen molar-refractivity contribution in [2.75, 3.05) is 6.61 Å². The van der Waals surface area contributed by atoms with Crippen molar-refractivity contribution in [1.82, 2.24) is 0 Å². The van der Waals surface area contributed by atoms with Gasteiger partial charge in [-0.05, 0) is 12.3 Å². The van der Waals surface area contributed by atoms with Crippen LogP contribution in [0.15, 0.2) is 0 Å². The second kappa shape index (κ2) is 4.69. The van der Waals surface area contributed by atoms with E-state index in [0.717, 1.165) is 12.8 Å². The molecule has 1 atom stereocenters. The Morgan fingerprint density at radius 1 is 1.55 bits per heavy atom. The van der Waals surface area contributed by atoms with Crippen molar-refractivity contribution in [3.63, 3.8) is 0 Å². The fraction of sp³-hybridized carbons (Fsp3) is 1.00. The Hall–Kier alpha value is -0.130. The van der Waals surface area contributed by atoms with Gasteiger partial charge < -0.3 is 0 Å². The van der Waals surface area contributed by atoms with Gasteiger partial charge in [0, 0.05) is 0 Å². The smallest absolute Gasteiger partial charge is 0.258 e. The van der Waals surface area contributed by atoms with Crippen LogP contribution in [0, 0.1) is 5.92 Å². The minimum absolute atomic E-state index is 0.188. The molecule has 4 nitrogen and oxygen atoms in total. The van der Waals surface area contributed by atoms with Crippen LogP contribution in [-0.2, 0) is 14.5 Å². The molecule has 0 saturated heterocycles. The van der Waals surface area contributed by atoms with Gasteiger partial charge in [0.15, 0.2) is 0 Å². The second-order valence-electron chi connectivity index (χ2n) is 2.62. The largest absolute Gasteiger partial charge is 0.333 e. The first-order valence-electron chi connectivity index (χ1n) is 3.63. The van der Waals surface area contributed by atoms with Crippen molar-refractivity contribution in [3.05, 3.63) is 0 Å². The topological polar surface area (TPSA) is 69.4 Å². The van der Waals surface area contributed by atoms with Crippen LogP contribution in [0.4, 0.5) is 0 Å². The molecule has 0 aliphatic rings. The molecule has 0 amide bonds. The maximum Gasteiger partial charge on any atom is 0.333 e. The van der Waals surface area contributed by atoms with E-state index in [-0.39, 0.29) is 6.61 Å². The SMILES string of the molecule is CC[C@H](C)CCOS(N)(=O)=O. The molecule has 0 fully saturated rings. The fourth-order valence-corrected chi connectivity index (χ4v) is 0.898. The molecule has 0 aliphatic heterocycles. The monoisotopic (exact) mass is 181 g/mol. The van der Waals surface area contributed by atoms with E-state index >= 15 is 0 Å². The molecule has 0 unspecified atom stereocenters. The van der Waals surface area contributed by atoms with E-state index < -0.39 is 10.3 Å². The number of nitrogens with two attached hydrogens (primary N) is 1. The summed E-state index contributed by atoms with van der Waals surface area (Å²) >= 11 is 0. The van der Waals surface area contributed by atoms with Gasteiger partial charge >= 0.3 is 10.3 Å². The molecule has 0 aromatic rings. The van der Waals surface area contributed by atoms with Crippen molar-refractivity contribution in [2.45, 2.75) is 26.7 Å². The molecule has 11 heavy (non-hydrogen) atoms. The first kappa shape index (κ1) is 10.9. The van der Waals surface area contributed by atoms with Crippen LogP contribution in [0.2, 0.25) is 0 Å². The Kier molecular flexibility index (Phi) is 4.63. The number of rotatable bonds is 5. The van der Waals surface area contributed by atoms with E-state index in [9.17, 15) is 8.42 Å². The van der Waals surface area contributed by atoms with Crippen LogP contribution in [0.25, 0.3) is 0 Å². The van der Waals surface area contributed by atoms with Gasteiger partial charge in [-0.2, -0.15) is 8.42 Å². The van der Waals surface area contributed by atoms with Gasteiger partial charge in [0.2, 0.25) is 0 Å². The number of hydrogen-bond donors (Lipinski definition) is 1. The Morgan fingerprint density at radius 3 is 2.45 bits per heavy atom. The van der Waals surface area contributed by atoms with Gasteiger partial charge in [-0.25, -0.2) is 5.14 Å². The zero-order chi connectivity index (χ0) is 8.91. The number of hydrogen-bond acceptors (Lipinski definition) is 3. The predicted molar refractivity (Wildman–Crippen MR) is 43.1 cm³/mol. The zero-order valence-electron chi connectivity index (χ0n) is 6.91. The van der Waals surface area contributed by atoms with Crippen LogP contribution >= 0.6 is 0 Å². The molecule has 0 aromatic heterocycles. The van der Waals surface area contributed by atoms with Crippen LogP contribution in [-0.4, -0.2) is 15.0 Å². The molecule has 5 heteroatoms. The predicted octanol–water partition coefficient (Wildman–Crippen LogP) is 0.643. The summed E-state index contributed by atoms with van der Waals surface area (Å²) in [5.74, 6) is 0.483. The van der Waals surface area contributed by atoms with Gasteiger partial charge in [0.25, 0.3) is 0 Å². The summed E-state index contributed by atoms with van der Waals surface area (Å²) in [5.41, 5.74) is 0. The lowest BCUT2D eigenvalue weighted by Gasteiger charge is -2.06. The lowest BCUT2D eigenvalue weighted by molar-refractivity contribution is 0.285. The molecule has 68 valence electrons. The summed E-state index contributed by atoms with van der Waals surface area (Å²) in [6, 6.07) is 0. The van der Waals surface area contributed by atoms with E-state index in [2.05, 4.69) is 9.32 Å². The third kappa shape index (κ3) is 7.77. The molecule has 2 N–H and O–H groups in total. The van der Waals surface area contributed by atoms with E-state index in [4.69, 9.17) is 0 Å². The highest BCUT2D eigenvalue weighted by Gasteiger charge is 2.03. The highest BCUT2D eigenvalue weighted by molar-refractivity contribution is 7.84. The van der Waals surface area contributed by atoms with Crippen LogP contribution in [0.3, 0.4) is 0 Å². The molecule has 0 spiro atoms. The summed E-state index contributed by atoms with van der Waals surface area (Å²) < 4.78 is 24.9. The van der Waals surface area contributed by atoms with E-state index in [1.807, 2.05) is 13.8 Å². The van der Waals surface area contributed by atoms with Crippen molar-refractivity contribution >= 4 is 10.3 Å². The van der Waals surface area contributed by atoms with Gasteiger partial charge in [0.05, 0.1) is 6.61 Å². The molecule has 0 heterocycles. The normalized spacial score (nSPS) is 14.8. The molecule has 0 bridgehead atoms. The summed E-state index contributed by atoms with van der Waals surface area (Å²) in [5, 5.41) is 4.61. The van der Waals surface area contributed by atoms with Gasteiger partial charge in [-0.15, -0.1) is 0 Å². The maximum atomic E-state index is 10.3. The quantitative estimate of drug-likeness (QED) is 0.676. The van der Waals surface area contributed by atoms with Crippen LogP contribution in [0.5, 0.6) is 0 Å². The Morgan fingerprint density at radius 2 is 2.09 bits per heavy atom. The summed E-state index contributed by atoms with van der Waals surface area (Å²) in [6.45, 7) is 4.27. The van der Waals surface area contributed by atoms with E-state index in [1.165, 1.54) is 0 Å². The van der Waals surface area contributed by atoms with E-state index in [0.29, 0.717) is 5.92 Å². The minimum Gasteiger partial charge on any atom is -0.258 e. The summed E-state index contributed by atoms with van der Waals surface area (Å²) in [4.78, 5) is 0. The van der Waals surface area contributed by atoms with Crippen LogP contribution < -0.4 is 5.14 Å². The van der Waals surface area contributed by atoms with Crippen LogP contribution in [0.1, 0.15) is 26.7 Å². The molecular weight excluding hydrogens is 166 g/mol. The third-order valence-corrected chi connectivity index (χ3v) is 2.05. The van der Waals surface area contributed by atoms with Crippen molar-refractivity contribution in [2.24, 2.45) is 11.1 Å². The van der Waals surface area contributed by atoms with Gasteiger partial charge in [0.1, 0.15) is 0 Å². The minimum atomic E-state index is -3.73. The standard InChI is InChI=1S/C6H15NO3S/c1-3-6(2)4-5-10-11(7,8)9/h6H,3-5H2,1-2H3,(H2,7,8,9)/t6-/m0/s1. The van der Waals surface area contributed by atoms with E-state index in [1.54, 1.807) is 0 Å². The van der Waals surface area contributed by atoms with Crippen molar-refractivity contribution in [1.29, 1.82) is 0 Å². The van der Waals surface area contributed by atoms with Gasteiger partial charge in [-0.3, -0.25) is 4.18 Å². The summed E-state index contributed by atoms with van der Waals surface area (Å²) in [7, 11) is -3.73. The third-order valence-electron chi connectivity index (χ3n) is 1.56. The zero-order valence-corrected chi connectivity index (χ0v) is 7.73. The van der Waals surface area contributed by atoms with Crippen molar-refractivity contribution in [3.8, 4) is 0 Å². The first-order valence-corrected chi connectivity index (χ1v) is 5.10. The lowest BCUT2D eigenvalue weighted by Crippen LogP contribution is -2.17. The van der Waals surface area contributed by atoms with Gasteiger partial charge in [-0.1, -0.05) is 20.3 Å². The maximum absolute atomic E-state index is 10.3. The molecule has 0 aromatic carbocycles. The Labute approximate surface area is 68.0 Å². The molecule has 0 aliphatic carbocycles. The summed E-state index contributed by atoms with van der Waals surface area (Å²) in [6.07, 6.45) is 1.75. The van der Waals surface area contributed by atoms with Crippen molar-refractivity contribution < 1.29 is 12.6 Å². The lowest BCUT2D eigenvalue weighted by atomic mass is 10.1. The average Bonchev–Trinajstić information content (AvgIpc) is 1.85. The highest BCUT2D eigenvalue weighted by atomic mass is 32.2. The molecular formula is C6H15NO3S. The first-order chi connectivity index (χ1) is 4.95. The molecule has 0 rings (SSSR count). The molecule has 0 radical (unpaired) electrons.